The van der Waals surface area contributed by atoms with Gasteiger partial charge in [-0.1, -0.05) is 36.3 Å². The molecule has 0 nitrogen and oxygen atoms in total. The number of hydrogen-bond acceptors (Lipinski definition) is 0. The molecule has 0 heterocycles. The van der Waals surface area contributed by atoms with E-state index in [4.69, 9.17) is 0 Å². The molecule has 0 bridgehead atoms. The van der Waals surface area contributed by atoms with Crippen molar-refractivity contribution in [1.29, 1.82) is 0 Å². The van der Waals surface area contributed by atoms with Gasteiger partial charge in [-0.3, -0.25) is 0 Å². The van der Waals surface area contributed by atoms with Crippen LogP contribution in [-0.4, -0.2) is 10.2 Å². The van der Waals surface area contributed by atoms with Gasteiger partial charge in [0.15, 0.2) is 0 Å². The maximum atomic E-state index is 2.38. The Balaban J connectivity index is 3.12. The summed E-state index contributed by atoms with van der Waals surface area (Å²) in [6.07, 6.45) is 2.38. The zero-order valence-electron chi connectivity index (χ0n) is 7.58. The molecule has 0 unspecified atom stereocenters. The van der Waals surface area contributed by atoms with E-state index in [1.54, 1.807) is 10.8 Å². The molecule has 0 amide bonds. The fraction of sp³-hybridized carbons (Fsp3) is 0.556. The van der Waals surface area contributed by atoms with Crippen LogP contribution < -0.4 is 0 Å². The van der Waals surface area contributed by atoms with Gasteiger partial charge in [0.1, 0.15) is 0 Å². The Hall–Kier alpha value is -0.303. The summed E-state index contributed by atoms with van der Waals surface area (Å²) in [5.74, 6) is 0. The van der Waals surface area contributed by atoms with Crippen molar-refractivity contribution in [3.8, 4) is 0 Å². The summed E-state index contributed by atoms with van der Waals surface area (Å²) in [6, 6.07) is 0. The summed E-state index contributed by atoms with van der Waals surface area (Å²) in [7, 11) is 1.20. The maximum Gasteiger partial charge on any atom is 0.0388 e. The normalized spacial score (nSPS) is 23.8. The van der Waals surface area contributed by atoms with Gasteiger partial charge >= 0.3 is 0 Å². The van der Waals surface area contributed by atoms with E-state index in [1.165, 1.54) is 15.8 Å². The molecule has 0 saturated carbocycles. The summed E-state index contributed by atoms with van der Waals surface area (Å²) in [4.78, 5) is 0. The predicted molar refractivity (Wildman–Crippen MR) is 50.2 cm³/mol. The molecule has 0 atom stereocenters. The molecule has 0 aromatic heterocycles. The predicted octanol–water partition coefficient (Wildman–Crippen LogP) is 1.61. The summed E-state index contributed by atoms with van der Waals surface area (Å²) in [6.45, 7) is 9.06. The molecule has 0 saturated heterocycles. The van der Waals surface area contributed by atoms with Crippen molar-refractivity contribution in [2.24, 2.45) is 5.41 Å². The number of rotatable bonds is 0. The van der Waals surface area contributed by atoms with E-state index in [-0.39, 0.29) is 0 Å². The van der Waals surface area contributed by atoms with Gasteiger partial charge in [-0.05, 0) is 13.8 Å². The Morgan fingerprint density at radius 1 is 1.30 bits per heavy atom. The highest BCUT2D eigenvalue weighted by Crippen LogP contribution is 2.38. The van der Waals surface area contributed by atoms with E-state index < -0.39 is 0 Å². The lowest BCUT2D eigenvalue weighted by Crippen LogP contribution is -2.05. The van der Waals surface area contributed by atoms with E-state index >= 15 is 0 Å². The van der Waals surface area contributed by atoms with Crippen LogP contribution in [0.4, 0.5) is 0 Å². The molecular formula is C9H16Si. The minimum absolute atomic E-state index is 0.348. The standard InChI is InChI=1S/C9H16Si/c1-6-5-9(3,4)7(2)8(6)10/h5H,1-4,10H3. The van der Waals surface area contributed by atoms with Crippen LogP contribution >= 0.6 is 0 Å². The van der Waals surface area contributed by atoms with Crippen molar-refractivity contribution in [1.82, 2.24) is 0 Å². The average molecular weight is 152 g/mol. The maximum absolute atomic E-state index is 2.38. The molecule has 56 valence electrons. The zero-order valence-corrected chi connectivity index (χ0v) is 9.58. The van der Waals surface area contributed by atoms with E-state index in [1.807, 2.05) is 0 Å². The SMILES string of the molecule is CC1=CC(C)(C)C(C)=C1[SiH3]. The minimum Gasteiger partial charge on any atom is -0.0720 e. The van der Waals surface area contributed by atoms with Crippen LogP contribution in [0.1, 0.15) is 27.7 Å². The minimum atomic E-state index is 0.348. The van der Waals surface area contributed by atoms with Crippen molar-refractivity contribution >= 4 is 10.2 Å². The van der Waals surface area contributed by atoms with E-state index in [0.29, 0.717) is 5.41 Å². The van der Waals surface area contributed by atoms with Crippen LogP contribution in [0.5, 0.6) is 0 Å². The second kappa shape index (κ2) is 2.09. The fourth-order valence-corrected chi connectivity index (χ4v) is 2.33. The monoisotopic (exact) mass is 152 g/mol. The molecule has 10 heavy (non-hydrogen) atoms. The summed E-state index contributed by atoms with van der Waals surface area (Å²) in [5.41, 5.74) is 3.44. The molecule has 1 rings (SSSR count). The van der Waals surface area contributed by atoms with Gasteiger partial charge in [0.05, 0.1) is 0 Å². The van der Waals surface area contributed by atoms with Crippen LogP contribution in [0.2, 0.25) is 0 Å². The molecule has 0 aromatic rings. The second-order valence-corrected chi connectivity index (χ2v) is 4.80. The molecule has 1 aliphatic rings. The highest BCUT2D eigenvalue weighted by Gasteiger charge is 2.24. The fourth-order valence-electron chi connectivity index (χ4n) is 1.54. The summed E-state index contributed by atoms with van der Waals surface area (Å²) in [5, 5.41) is 1.62. The lowest BCUT2D eigenvalue weighted by Gasteiger charge is -2.17. The van der Waals surface area contributed by atoms with Gasteiger partial charge < -0.3 is 0 Å². The third-order valence-electron chi connectivity index (χ3n) is 2.70. The average Bonchev–Trinajstić information content (AvgIpc) is 1.95. The van der Waals surface area contributed by atoms with Crippen LogP contribution in [-0.2, 0) is 0 Å². The van der Waals surface area contributed by atoms with E-state index in [2.05, 4.69) is 33.8 Å². The van der Waals surface area contributed by atoms with E-state index in [0.717, 1.165) is 0 Å². The van der Waals surface area contributed by atoms with Crippen LogP contribution in [0.15, 0.2) is 22.4 Å². The molecule has 0 aromatic carbocycles. The summed E-state index contributed by atoms with van der Waals surface area (Å²) < 4.78 is 0. The van der Waals surface area contributed by atoms with Crippen LogP contribution in [0, 0.1) is 5.41 Å². The first-order valence-electron chi connectivity index (χ1n) is 3.83. The van der Waals surface area contributed by atoms with Crippen LogP contribution in [0.25, 0.3) is 0 Å². The smallest absolute Gasteiger partial charge is 0.0388 e. The van der Waals surface area contributed by atoms with Gasteiger partial charge in [-0.15, -0.1) is 0 Å². The third-order valence-corrected chi connectivity index (χ3v) is 4.24. The van der Waals surface area contributed by atoms with Gasteiger partial charge in [0.2, 0.25) is 0 Å². The Kier molecular flexibility index (Phi) is 1.63. The van der Waals surface area contributed by atoms with Gasteiger partial charge in [0, 0.05) is 15.7 Å². The first kappa shape index (κ1) is 7.80. The van der Waals surface area contributed by atoms with Gasteiger partial charge in [-0.25, -0.2) is 0 Å². The largest absolute Gasteiger partial charge is 0.0720 e. The highest BCUT2D eigenvalue weighted by atomic mass is 28.1. The second-order valence-electron chi connectivity index (χ2n) is 3.80. The van der Waals surface area contributed by atoms with Gasteiger partial charge in [0.25, 0.3) is 0 Å². The summed E-state index contributed by atoms with van der Waals surface area (Å²) >= 11 is 0. The molecule has 0 radical (unpaired) electrons. The first-order chi connectivity index (χ1) is 4.45. The topological polar surface area (TPSA) is 0 Å². The highest BCUT2D eigenvalue weighted by molar-refractivity contribution is 6.25. The third kappa shape index (κ3) is 0.987. The lowest BCUT2D eigenvalue weighted by atomic mass is 9.89. The van der Waals surface area contributed by atoms with E-state index in [9.17, 15) is 0 Å². The quantitative estimate of drug-likeness (QED) is 0.463. The van der Waals surface area contributed by atoms with Crippen LogP contribution in [0.3, 0.4) is 0 Å². The van der Waals surface area contributed by atoms with Crippen molar-refractivity contribution in [2.45, 2.75) is 27.7 Å². The Morgan fingerprint density at radius 3 is 1.90 bits per heavy atom. The molecule has 1 heteroatoms. The van der Waals surface area contributed by atoms with Crippen molar-refractivity contribution < 1.29 is 0 Å². The molecule has 0 spiro atoms. The van der Waals surface area contributed by atoms with Gasteiger partial charge in [-0.2, -0.15) is 0 Å². The number of hydrogen-bond donors (Lipinski definition) is 0. The molecule has 0 fully saturated rings. The van der Waals surface area contributed by atoms with Crippen molar-refractivity contribution in [3.63, 3.8) is 0 Å². The van der Waals surface area contributed by atoms with Crippen molar-refractivity contribution in [2.75, 3.05) is 0 Å². The Morgan fingerprint density at radius 2 is 1.80 bits per heavy atom. The number of allylic oxidation sites excluding steroid dienone is 4. The Labute approximate surface area is 66.4 Å². The first-order valence-corrected chi connectivity index (χ1v) is 4.83. The van der Waals surface area contributed by atoms with Crippen molar-refractivity contribution in [3.05, 3.63) is 22.4 Å². The molecule has 0 N–H and O–H groups in total. The zero-order chi connectivity index (χ0) is 7.94. The molecular weight excluding hydrogens is 136 g/mol. The molecule has 0 aliphatic heterocycles. The molecule has 1 aliphatic carbocycles. The lowest BCUT2D eigenvalue weighted by molar-refractivity contribution is 0.589. The Bertz CT molecular complexity index is 219.